The van der Waals surface area contributed by atoms with E-state index in [9.17, 15) is 9.59 Å². The number of carbonyl (C=O) groups is 1. The van der Waals surface area contributed by atoms with Crippen molar-refractivity contribution >= 4 is 28.1 Å². The summed E-state index contributed by atoms with van der Waals surface area (Å²) in [7, 11) is 0. The Labute approximate surface area is 168 Å². The van der Waals surface area contributed by atoms with Crippen LogP contribution in [0.4, 0.5) is 0 Å². The minimum Gasteiger partial charge on any atom is -0.340 e. The number of amides is 1. The van der Waals surface area contributed by atoms with E-state index in [0.29, 0.717) is 18.4 Å². The number of benzene rings is 1. The number of aromatic nitrogens is 2. The summed E-state index contributed by atoms with van der Waals surface area (Å²) in [4.78, 5) is 35.3. The van der Waals surface area contributed by atoms with Crippen molar-refractivity contribution in [2.45, 2.75) is 26.4 Å². The second-order valence-electron chi connectivity index (χ2n) is 7.20. The number of nitrogens with zero attached hydrogens (tertiary/aromatic N) is 4. The molecule has 4 rings (SSSR count). The van der Waals surface area contributed by atoms with Gasteiger partial charge in [0.25, 0.3) is 5.56 Å². The third kappa shape index (κ3) is 4.00. The average Bonchev–Trinajstić information content (AvgIpc) is 3.21. The SMILES string of the molecule is Cc1cccc2c(=O)n(CCC(=O)N3CCN(Cc4cccs4)CC3)cnc12. The fraction of sp³-hybridized carbons (Fsp3) is 0.381. The number of carbonyl (C=O) groups excluding carboxylic acids is 1. The van der Waals surface area contributed by atoms with Crippen LogP contribution in [0.1, 0.15) is 16.9 Å². The highest BCUT2D eigenvalue weighted by Gasteiger charge is 2.21. The van der Waals surface area contributed by atoms with Crippen LogP contribution in [0.2, 0.25) is 0 Å². The number of hydrogen-bond donors (Lipinski definition) is 0. The van der Waals surface area contributed by atoms with Crippen LogP contribution in [0, 0.1) is 6.92 Å². The van der Waals surface area contributed by atoms with Gasteiger partial charge in [0.2, 0.25) is 5.91 Å². The molecule has 1 aromatic carbocycles. The smallest absolute Gasteiger partial charge is 0.261 e. The van der Waals surface area contributed by atoms with E-state index in [1.807, 2.05) is 24.0 Å². The number of para-hydroxylation sites is 1. The van der Waals surface area contributed by atoms with Gasteiger partial charge in [-0.3, -0.25) is 19.1 Å². The summed E-state index contributed by atoms with van der Waals surface area (Å²) < 4.78 is 1.55. The maximum Gasteiger partial charge on any atom is 0.261 e. The van der Waals surface area contributed by atoms with Crippen LogP contribution in [0.3, 0.4) is 0 Å². The van der Waals surface area contributed by atoms with E-state index in [4.69, 9.17) is 0 Å². The van der Waals surface area contributed by atoms with E-state index in [2.05, 4.69) is 27.4 Å². The summed E-state index contributed by atoms with van der Waals surface area (Å²) in [5.41, 5.74) is 1.64. The first-order valence-electron chi connectivity index (χ1n) is 9.59. The van der Waals surface area contributed by atoms with Crippen molar-refractivity contribution in [1.29, 1.82) is 0 Å². The highest BCUT2D eigenvalue weighted by Crippen LogP contribution is 2.14. The van der Waals surface area contributed by atoms with Crippen molar-refractivity contribution in [2.75, 3.05) is 26.2 Å². The number of hydrogen-bond acceptors (Lipinski definition) is 5. The maximum absolute atomic E-state index is 12.7. The minimum absolute atomic E-state index is 0.0812. The lowest BCUT2D eigenvalue weighted by Crippen LogP contribution is -2.48. The van der Waals surface area contributed by atoms with Crippen molar-refractivity contribution in [3.8, 4) is 0 Å². The monoisotopic (exact) mass is 396 g/mol. The first kappa shape index (κ1) is 18.8. The highest BCUT2D eigenvalue weighted by molar-refractivity contribution is 7.09. The van der Waals surface area contributed by atoms with Gasteiger partial charge in [-0.05, 0) is 30.0 Å². The normalized spacial score (nSPS) is 15.2. The highest BCUT2D eigenvalue weighted by atomic mass is 32.1. The van der Waals surface area contributed by atoms with E-state index in [1.54, 1.807) is 28.3 Å². The average molecular weight is 397 g/mol. The lowest BCUT2D eigenvalue weighted by Gasteiger charge is -2.34. The van der Waals surface area contributed by atoms with Gasteiger partial charge in [-0.25, -0.2) is 4.98 Å². The lowest BCUT2D eigenvalue weighted by molar-refractivity contribution is -0.133. The van der Waals surface area contributed by atoms with Crippen LogP contribution in [-0.2, 0) is 17.9 Å². The number of fused-ring (bicyclic) bond motifs is 1. The Kier molecular flexibility index (Phi) is 5.54. The van der Waals surface area contributed by atoms with Gasteiger partial charge in [-0.15, -0.1) is 11.3 Å². The van der Waals surface area contributed by atoms with Crippen LogP contribution in [-0.4, -0.2) is 51.4 Å². The summed E-state index contributed by atoms with van der Waals surface area (Å²) in [6.45, 7) is 6.53. The molecule has 1 amide bonds. The molecule has 3 heterocycles. The zero-order chi connectivity index (χ0) is 19.5. The maximum atomic E-state index is 12.7. The second-order valence-corrected chi connectivity index (χ2v) is 8.23. The van der Waals surface area contributed by atoms with Gasteiger partial charge < -0.3 is 4.90 Å². The first-order chi connectivity index (χ1) is 13.6. The topological polar surface area (TPSA) is 58.4 Å². The molecule has 1 fully saturated rings. The molecule has 7 heteroatoms. The van der Waals surface area contributed by atoms with Gasteiger partial charge in [0.1, 0.15) is 0 Å². The van der Waals surface area contributed by atoms with E-state index in [0.717, 1.165) is 43.8 Å². The Morgan fingerprint density at radius 2 is 1.96 bits per heavy atom. The summed E-state index contributed by atoms with van der Waals surface area (Å²) in [6.07, 6.45) is 1.88. The van der Waals surface area contributed by atoms with E-state index < -0.39 is 0 Å². The number of thiophene rings is 1. The second kappa shape index (κ2) is 8.24. The third-order valence-corrected chi connectivity index (χ3v) is 6.17. The molecule has 0 saturated carbocycles. The van der Waals surface area contributed by atoms with Gasteiger partial charge in [0.05, 0.1) is 17.2 Å². The molecular formula is C21H24N4O2S. The molecule has 0 spiro atoms. The molecule has 146 valence electrons. The molecule has 0 N–H and O–H groups in total. The molecule has 2 aromatic heterocycles. The largest absolute Gasteiger partial charge is 0.340 e. The number of rotatable bonds is 5. The fourth-order valence-corrected chi connectivity index (χ4v) is 4.40. The molecule has 1 aliphatic heterocycles. The lowest BCUT2D eigenvalue weighted by atomic mass is 10.1. The molecule has 3 aromatic rings. The molecule has 0 unspecified atom stereocenters. The van der Waals surface area contributed by atoms with Crippen LogP contribution in [0.5, 0.6) is 0 Å². The van der Waals surface area contributed by atoms with Gasteiger partial charge in [0, 0.05) is 50.6 Å². The number of aryl methyl sites for hydroxylation is 2. The fourth-order valence-electron chi connectivity index (χ4n) is 3.65. The zero-order valence-corrected chi connectivity index (χ0v) is 16.8. The Balaban J connectivity index is 1.33. The summed E-state index contributed by atoms with van der Waals surface area (Å²) >= 11 is 1.77. The van der Waals surface area contributed by atoms with Crippen molar-refractivity contribution in [3.63, 3.8) is 0 Å². The Morgan fingerprint density at radius 1 is 1.14 bits per heavy atom. The molecule has 0 aliphatic carbocycles. The first-order valence-corrected chi connectivity index (χ1v) is 10.5. The van der Waals surface area contributed by atoms with Crippen LogP contribution >= 0.6 is 11.3 Å². The Bertz CT molecular complexity index is 1020. The van der Waals surface area contributed by atoms with Crippen molar-refractivity contribution in [2.24, 2.45) is 0 Å². The van der Waals surface area contributed by atoms with Gasteiger partial charge >= 0.3 is 0 Å². The zero-order valence-electron chi connectivity index (χ0n) is 16.0. The van der Waals surface area contributed by atoms with E-state index in [1.165, 1.54) is 4.88 Å². The molecule has 6 nitrogen and oxygen atoms in total. The van der Waals surface area contributed by atoms with Gasteiger partial charge in [0.15, 0.2) is 0 Å². The minimum atomic E-state index is -0.0812. The summed E-state index contributed by atoms with van der Waals surface area (Å²) in [5.74, 6) is 0.104. The van der Waals surface area contributed by atoms with Crippen LogP contribution in [0.15, 0.2) is 46.8 Å². The van der Waals surface area contributed by atoms with Crippen molar-refractivity contribution < 1.29 is 4.79 Å². The summed E-state index contributed by atoms with van der Waals surface area (Å²) in [6, 6.07) is 9.83. The molecule has 0 atom stereocenters. The van der Waals surface area contributed by atoms with Gasteiger partial charge in [-0.1, -0.05) is 18.2 Å². The van der Waals surface area contributed by atoms with Gasteiger partial charge in [-0.2, -0.15) is 0 Å². The third-order valence-electron chi connectivity index (χ3n) is 5.31. The Morgan fingerprint density at radius 3 is 2.71 bits per heavy atom. The molecule has 28 heavy (non-hydrogen) atoms. The van der Waals surface area contributed by atoms with Crippen molar-refractivity contribution in [3.05, 3.63) is 62.8 Å². The standard InChI is InChI=1S/C21H24N4O2S/c1-16-4-2-6-18-20(16)22-15-25(21(18)27)8-7-19(26)24-11-9-23(10-12-24)14-17-5-3-13-28-17/h2-6,13,15H,7-12,14H2,1H3. The predicted octanol–water partition coefficient (Wildman–Crippen LogP) is 2.50. The summed E-state index contributed by atoms with van der Waals surface area (Å²) in [5, 5.41) is 2.71. The molecular weight excluding hydrogens is 372 g/mol. The molecule has 1 aliphatic rings. The van der Waals surface area contributed by atoms with Crippen LogP contribution < -0.4 is 5.56 Å². The predicted molar refractivity (Wildman–Crippen MR) is 112 cm³/mol. The molecule has 0 bridgehead atoms. The molecule has 0 radical (unpaired) electrons. The van der Waals surface area contributed by atoms with E-state index in [-0.39, 0.29) is 11.5 Å². The van der Waals surface area contributed by atoms with E-state index >= 15 is 0 Å². The molecule has 1 saturated heterocycles. The Hall–Kier alpha value is -2.51. The quantitative estimate of drug-likeness (QED) is 0.665. The van der Waals surface area contributed by atoms with Crippen molar-refractivity contribution in [1.82, 2.24) is 19.4 Å². The van der Waals surface area contributed by atoms with Crippen LogP contribution in [0.25, 0.3) is 10.9 Å². The number of piperazine rings is 1.